The Morgan fingerprint density at radius 2 is 1.97 bits per heavy atom. The van der Waals surface area contributed by atoms with Gasteiger partial charge in [0.1, 0.15) is 23.8 Å². The first kappa shape index (κ1) is 22.6. The lowest BCUT2D eigenvalue weighted by Crippen LogP contribution is -2.42. The Kier molecular flexibility index (Phi) is 5.75. The number of ether oxygens (including phenoxy) is 2. The maximum atomic E-state index is 14.7. The lowest BCUT2D eigenvalue weighted by atomic mass is 10.0. The maximum Gasteiger partial charge on any atom is 0.416 e. The number of carbonyl (C=O) groups is 1. The van der Waals surface area contributed by atoms with E-state index in [0.717, 1.165) is 0 Å². The van der Waals surface area contributed by atoms with E-state index < -0.39 is 17.5 Å². The summed E-state index contributed by atoms with van der Waals surface area (Å²) in [6.45, 7) is 5.73. The van der Waals surface area contributed by atoms with Gasteiger partial charge in [-0.2, -0.15) is 0 Å². The number of hydrogen-bond donors (Lipinski definition) is 2. The van der Waals surface area contributed by atoms with Crippen LogP contribution in [0.15, 0.2) is 36.5 Å². The van der Waals surface area contributed by atoms with Gasteiger partial charge in [0.05, 0.1) is 17.9 Å². The molecule has 4 N–H and O–H groups in total. The second-order valence-corrected chi connectivity index (χ2v) is 8.95. The molecular weight excluding hydrogens is 449 g/mol. The van der Waals surface area contributed by atoms with Crippen molar-refractivity contribution in [2.24, 2.45) is 0 Å². The SMILES string of the molecule is CC(C)(C)OC(=O)N1CCOc2c(-c3cnc(N)c(N)c3)cc(-c3cc(Cl)ccc3F)nc21. The van der Waals surface area contributed by atoms with Crippen LogP contribution in [0.3, 0.4) is 0 Å². The standard InChI is InChI=1S/C23H23ClFN5O3/c1-23(2,3)33-22(31)30-6-7-32-19-14(12-8-17(26)20(27)28-11-12)10-18(29-21(19)30)15-9-13(24)4-5-16(15)25/h4-5,8-11H,6-7,26H2,1-3H3,(H2,27,28). The van der Waals surface area contributed by atoms with E-state index in [0.29, 0.717) is 21.9 Å². The molecule has 0 saturated carbocycles. The molecule has 0 fully saturated rings. The number of pyridine rings is 2. The molecule has 3 heterocycles. The van der Waals surface area contributed by atoms with E-state index in [1.807, 2.05) is 0 Å². The highest BCUT2D eigenvalue weighted by atomic mass is 35.5. The van der Waals surface area contributed by atoms with Gasteiger partial charge in [-0.1, -0.05) is 11.6 Å². The topological polar surface area (TPSA) is 117 Å². The van der Waals surface area contributed by atoms with Gasteiger partial charge in [0, 0.05) is 27.9 Å². The second kappa shape index (κ2) is 8.40. The van der Waals surface area contributed by atoms with E-state index in [4.69, 9.17) is 32.5 Å². The Morgan fingerprint density at radius 3 is 2.67 bits per heavy atom. The smallest absolute Gasteiger partial charge is 0.416 e. The summed E-state index contributed by atoms with van der Waals surface area (Å²) in [6, 6.07) is 7.43. The number of amides is 1. The summed E-state index contributed by atoms with van der Waals surface area (Å²) in [6.07, 6.45) is 0.930. The quantitative estimate of drug-likeness (QED) is 0.545. The van der Waals surface area contributed by atoms with Crippen molar-refractivity contribution in [2.75, 3.05) is 29.5 Å². The fourth-order valence-electron chi connectivity index (χ4n) is 3.37. The first-order chi connectivity index (χ1) is 15.5. The molecule has 4 rings (SSSR count). The van der Waals surface area contributed by atoms with Crippen LogP contribution >= 0.6 is 11.6 Å². The summed E-state index contributed by atoms with van der Waals surface area (Å²) in [5.74, 6) is 0.175. The van der Waals surface area contributed by atoms with E-state index in [-0.39, 0.29) is 41.7 Å². The van der Waals surface area contributed by atoms with E-state index in [1.165, 1.54) is 29.3 Å². The molecule has 0 bridgehead atoms. The average molecular weight is 472 g/mol. The molecule has 1 aromatic carbocycles. The number of nitrogens with two attached hydrogens (primary N) is 2. The van der Waals surface area contributed by atoms with Crippen LogP contribution in [-0.2, 0) is 4.74 Å². The zero-order chi connectivity index (χ0) is 23.9. The molecule has 0 unspecified atom stereocenters. The lowest BCUT2D eigenvalue weighted by molar-refractivity contribution is 0.0566. The average Bonchev–Trinajstić information content (AvgIpc) is 2.75. The fraction of sp³-hybridized carbons (Fsp3) is 0.261. The summed E-state index contributed by atoms with van der Waals surface area (Å²) in [4.78, 5) is 23.0. The van der Waals surface area contributed by atoms with E-state index >= 15 is 0 Å². The van der Waals surface area contributed by atoms with Crippen molar-refractivity contribution in [1.29, 1.82) is 0 Å². The highest BCUT2D eigenvalue weighted by molar-refractivity contribution is 6.30. The van der Waals surface area contributed by atoms with Crippen LogP contribution in [0.4, 0.5) is 26.5 Å². The predicted molar refractivity (Wildman–Crippen MR) is 126 cm³/mol. The number of rotatable bonds is 2. The highest BCUT2D eigenvalue weighted by Crippen LogP contribution is 2.43. The number of hydrogen-bond acceptors (Lipinski definition) is 7. The van der Waals surface area contributed by atoms with Crippen LogP contribution < -0.4 is 21.1 Å². The minimum absolute atomic E-state index is 0.164. The number of anilines is 3. The molecular formula is C23H23ClFN5O3. The van der Waals surface area contributed by atoms with Crippen LogP contribution in [0.25, 0.3) is 22.4 Å². The van der Waals surface area contributed by atoms with Crippen molar-refractivity contribution in [3.8, 4) is 28.1 Å². The molecule has 3 aromatic rings. The van der Waals surface area contributed by atoms with Crippen molar-refractivity contribution in [1.82, 2.24) is 9.97 Å². The molecule has 0 atom stereocenters. The summed E-state index contributed by atoms with van der Waals surface area (Å²) in [5, 5.41) is 0.339. The van der Waals surface area contributed by atoms with Gasteiger partial charge < -0.3 is 20.9 Å². The molecule has 0 radical (unpaired) electrons. The summed E-state index contributed by atoms with van der Waals surface area (Å²) in [5.41, 5.74) is 12.8. The normalized spacial score (nSPS) is 13.3. The molecule has 0 saturated heterocycles. The number of halogens is 2. The van der Waals surface area contributed by atoms with E-state index in [2.05, 4.69) is 9.97 Å². The Morgan fingerprint density at radius 1 is 1.21 bits per heavy atom. The van der Waals surface area contributed by atoms with Crippen molar-refractivity contribution in [3.63, 3.8) is 0 Å². The monoisotopic (exact) mass is 471 g/mol. The molecule has 172 valence electrons. The zero-order valence-electron chi connectivity index (χ0n) is 18.4. The Balaban J connectivity index is 1.95. The van der Waals surface area contributed by atoms with Gasteiger partial charge in [-0.3, -0.25) is 4.90 Å². The van der Waals surface area contributed by atoms with Gasteiger partial charge in [-0.05, 0) is 51.1 Å². The lowest BCUT2D eigenvalue weighted by Gasteiger charge is -2.32. The predicted octanol–water partition coefficient (Wildman–Crippen LogP) is 4.90. The Labute approximate surface area is 195 Å². The fourth-order valence-corrected chi connectivity index (χ4v) is 3.54. The second-order valence-electron chi connectivity index (χ2n) is 8.51. The van der Waals surface area contributed by atoms with E-state index in [9.17, 15) is 9.18 Å². The van der Waals surface area contributed by atoms with Gasteiger partial charge in [0.25, 0.3) is 0 Å². The van der Waals surface area contributed by atoms with Crippen molar-refractivity contribution in [2.45, 2.75) is 26.4 Å². The minimum atomic E-state index is -0.718. The third-order valence-electron chi connectivity index (χ3n) is 4.85. The van der Waals surface area contributed by atoms with Crippen molar-refractivity contribution in [3.05, 3.63) is 47.4 Å². The number of benzene rings is 1. The summed E-state index contributed by atoms with van der Waals surface area (Å²) >= 11 is 6.11. The van der Waals surface area contributed by atoms with Crippen molar-refractivity contribution < 1.29 is 18.7 Å². The molecule has 10 heteroatoms. The minimum Gasteiger partial charge on any atom is -0.487 e. The van der Waals surface area contributed by atoms with Crippen molar-refractivity contribution >= 4 is 35.0 Å². The molecule has 33 heavy (non-hydrogen) atoms. The van der Waals surface area contributed by atoms with Gasteiger partial charge in [-0.25, -0.2) is 19.2 Å². The molecule has 8 nitrogen and oxygen atoms in total. The molecule has 0 spiro atoms. The van der Waals surface area contributed by atoms with Gasteiger partial charge in [0.15, 0.2) is 11.6 Å². The third kappa shape index (κ3) is 4.63. The van der Waals surface area contributed by atoms with Crippen LogP contribution in [-0.4, -0.2) is 34.8 Å². The molecule has 1 aliphatic heterocycles. The van der Waals surface area contributed by atoms with Crippen LogP contribution in [0.1, 0.15) is 20.8 Å². The number of nitrogen functional groups attached to an aromatic ring is 2. The summed E-state index contributed by atoms with van der Waals surface area (Å²) in [7, 11) is 0. The number of carbonyl (C=O) groups excluding carboxylic acids is 1. The Bertz CT molecular complexity index is 1250. The van der Waals surface area contributed by atoms with Gasteiger partial charge in [0.2, 0.25) is 0 Å². The first-order valence-electron chi connectivity index (χ1n) is 10.2. The number of nitrogens with zero attached hydrogens (tertiary/aromatic N) is 3. The van der Waals surface area contributed by atoms with Gasteiger partial charge >= 0.3 is 6.09 Å². The third-order valence-corrected chi connectivity index (χ3v) is 5.09. The molecule has 1 amide bonds. The molecule has 1 aliphatic rings. The first-order valence-corrected chi connectivity index (χ1v) is 10.6. The number of aromatic nitrogens is 2. The van der Waals surface area contributed by atoms with E-state index in [1.54, 1.807) is 32.9 Å². The highest BCUT2D eigenvalue weighted by Gasteiger charge is 2.32. The summed E-state index contributed by atoms with van der Waals surface area (Å²) < 4.78 is 26.2. The maximum absolute atomic E-state index is 14.7. The Hall–Kier alpha value is -3.59. The zero-order valence-corrected chi connectivity index (χ0v) is 19.1. The van der Waals surface area contributed by atoms with Crippen LogP contribution in [0, 0.1) is 5.82 Å². The number of fused-ring (bicyclic) bond motifs is 1. The molecule has 0 aliphatic carbocycles. The van der Waals surface area contributed by atoms with Gasteiger partial charge in [-0.15, -0.1) is 0 Å². The molecule has 2 aromatic heterocycles. The van der Waals surface area contributed by atoms with Crippen LogP contribution in [0.5, 0.6) is 5.75 Å². The van der Waals surface area contributed by atoms with Crippen LogP contribution in [0.2, 0.25) is 5.02 Å². The largest absolute Gasteiger partial charge is 0.487 e.